The van der Waals surface area contributed by atoms with E-state index in [4.69, 9.17) is 0 Å². The average Bonchev–Trinajstić information content (AvgIpc) is 3.28. The van der Waals surface area contributed by atoms with Crippen molar-refractivity contribution in [1.29, 1.82) is 0 Å². The summed E-state index contributed by atoms with van der Waals surface area (Å²) in [7, 11) is 0. The molecule has 9 nitrogen and oxygen atoms in total. The van der Waals surface area contributed by atoms with Gasteiger partial charge in [-0.15, -0.1) is 10.2 Å². The van der Waals surface area contributed by atoms with E-state index in [1.54, 1.807) is 18.3 Å². The van der Waals surface area contributed by atoms with Crippen molar-refractivity contribution in [2.45, 2.75) is 0 Å². The highest BCUT2D eigenvalue weighted by atomic mass is 16.6. The second-order valence-corrected chi connectivity index (χ2v) is 7.17. The summed E-state index contributed by atoms with van der Waals surface area (Å²) in [4.78, 5) is 10.4. The van der Waals surface area contributed by atoms with Gasteiger partial charge in [0.05, 0.1) is 16.5 Å². The van der Waals surface area contributed by atoms with Gasteiger partial charge in [0.15, 0.2) is 5.82 Å². The molecule has 5 aromatic rings. The van der Waals surface area contributed by atoms with Crippen molar-refractivity contribution >= 4 is 28.8 Å². The van der Waals surface area contributed by atoms with Crippen LogP contribution in [-0.4, -0.2) is 31.5 Å². The van der Waals surface area contributed by atoms with Crippen LogP contribution >= 0.6 is 0 Å². The number of nitrogens with zero attached hydrogens (tertiary/aromatic N) is 5. The Kier molecular flexibility index (Phi) is 5.26. The van der Waals surface area contributed by atoms with E-state index in [0.717, 1.165) is 27.8 Å². The fourth-order valence-electron chi connectivity index (χ4n) is 3.53. The smallest absolute Gasteiger partial charge is 0.261 e. The fourth-order valence-corrected chi connectivity index (χ4v) is 3.53. The molecule has 33 heavy (non-hydrogen) atoms. The van der Waals surface area contributed by atoms with Gasteiger partial charge in [-0.2, -0.15) is 10.2 Å². The minimum atomic E-state index is -0.438. The molecule has 160 valence electrons. The zero-order valence-corrected chi connectivity index (χ0v) is 17.2. The maximum Gasteiger partial charge on any atom is 0.269 e. The first-order chi connectivity index (χ1) is 16.2. The Hall–Kier alpha value is -4.92. The number of nitrogens with one attached hydrogen (secondary N) is 2. The van der Waals surface area contributed by atoms with Gasteiger partial charge in [-0.3, -0.25) is 20.6 Å². The Bertz CT molecular complexity index is 1450. The van der Waals surface area contributed by atoms with Gasteiger partial charge in [-0.25, -0.2) is 0 Å². The maximum atomic E-state index is 10.8. The number of H-pyrrole nitrogens is 1. The van der Waals surface area contributed by atoms with Crippen molar-refractivity contribution in [2.24, 2.45) is 5.10 Å². The third kappa shape index (κ3) is 4.02. The van der Waals surface area contributed by atoms with Gasteiger partial charge < -0.3 is 0 Å². The molecule has 0 saturated carbocycles. The van der Waals surface area contributed by atoms with Crippen molar-refractivity contribution in [3.63, 3.8) is 0 Å². The Balaban J connectivity index is 1.57. The van der Waals surface area contributed by atoms with Crippen molar-refractivity contribution < 1.29 is 4.92 Å². The van der Waals surface area contributed by atoms with Crippen molar-refractivity contribution in [1.82, 2.24) is 20.4 Å². The molecule has 2 aromatic heterocycles. The number of anilines is 1. The van der Waals surface area contributed by atoms with E-state index in [2.05, 4.69) is 30.9 Å². The van der Waals surface area contributed by atoms with Crippen LogP contribution in [0.25, 0.3) is 33.4 Å². The van der Waals surface area contributed by atoms with Crippen molar-refractivity contribution in [3.05, 3.63) is 101 Å². The summed E-state index contributed by atoms with van der Waals surface area (Å²) in [5.74, 6) is 0.564. The molecule has 0 aliphatic rings. The molecule has 2 heterocycles. The predicted octanol–water partition coefficient (Wildman–Crippen LogP) is 5.04. The number of aromatic nitrogens is 4. The summed E-state index contributed by atoms with van der Waals surface area (Å²) in [5, 5.41) is 31.9. The molecule has 9 heteroatoms. The molecule has 0 radical (unpaired) electrons. The zero-order chi connectivity index (χ0) is 22.6. The second kappa shape index (κ2) is 8.67. The summed E-state index contributed by atoms with van der Waals surface area (Å²) in [5.41, 5.74) is 7.72. The quantitative estimate of drug-likeness (QED) is 0.219. The van der Waals surface area contributed by atoms with E-state index in [1.165, 1.54) is 12.1 Å². The van der Waals surface area contributed by atoms with Crippen LogP contribution in [0.2, 0.25) is 0 Å². The van der Waals surface area contributed by atoms with E-state index < -0.39 is 4.92 Å². The first-order valence-electron chi connectivity index (χ1n) is 10.1. The molecule has 0 bridgehead atoms. The molecule has 0 spiro atoms. The summed E-state index contributed by atoms with van der Waals surface area (Å²) < 4.78 is 0. The van der Waals surface area contributed by atoms with Gasteiger partial charge in [0.1, 0.15) is 5.69 Å². The monoisotopic (exact) mass is 435 g/mol. The molecule has 0 aliphatic heterocycles. The lowest BCUT2D eigenvalue weighted by molar-refractivity contribution is -0.384. The number of hydrazone groups is 1. The van der Waals surface area contributed by atoms with Crippen LogP contribution in [0.4, 0.5) is 11.5 Å². The Morgan fingerprint density at radius 3 is 2.21 bits per heavy atom. The Labute approximate surface area is 188 Å². The van der Waals surface area contributed by atoms with Gasteiger partial charge in [0.2, 0.25) is 5.65 Å². The highest BCUT2D eigenvalue weighted by Crippen LogP contribution is 2.38. The molecule has 0 atom stereocenters. The molecule has 0 amide bonds. The average molecular weight is 435 g/mol. The van der Waals surface area contributed by atoms with Crippen LogP contribution in [0.5, 0.6) is 0 Å². The summed E-state index contributed by atoms with van der Waals surface area (Å²) in [6, 6.07) is 25.9. The Morgan fingerprint density at radius 2 is 1.55 bits per heavy atom. The topological polar surface area (TPSA) is 122 Å². The highest BCUT2D eigenvalue weighted by molar-refractivity contribution is 6.05. The van der Waals surface area contributed by atoms with Gasteiger partial charge in [0.25, 0.3) is 5.69 Å². The van der Waals surface area contributed by atoms with Crippen LogP contribution in [0.1, 0.15) is 5.56 Å². The number of nitro groups is 1. The number of aromatic amines is 1. The lowest BCUT2D eigenvalue weighted by Crippen LogP contribution is -1.97. The van der Waals surface area contributed by atoms with E-state index >= 15 is 0 Å². The van der Waals surface area contributed by atoms with Crippen molar-refractivity contribution in [2.75, 3.05) is 5.43 Å². The summed E-state index contributed by atoms with van der Waals surface area (Å²) in [6.45, 7) is 0. The number of hydrogen-bond donors (Lipinski definition) is 2. The van der Waals surface area contributed by atoms with E-state index in [9.17, 15) is 10.1 Å². The molecule has 0 aliphatic carbocycles. The number of benzene rings is 3. The van der Waals surface area contributed by atoms with Crippen LogP contribution in [0.15, 0.2) is 90.0 Å². The number of fused-ring (bicyclic) bond motifs is 1. The molecule has 0 saturated heterocycles. The van der Waals surface area contributed by atoms with E-state index in [-0.39, 0.29) is 5.69 Å². The van der Waals surface area contributed by atoms with Crippen LogP contribution < -0.4 is 5.43 Å². The lowest BCUT2D eigenvalue weighted by atomic mass is 9.97. The number of hydrogen-bond acceptors (Lipinski definition) is 7. The molecule has 5 rings (SSSR count). The van der Waals surface area contributed by atoms with Gasteiger partial charge >= 0.3 is 0 Å². The molecule has 0 fully saturated rings. The first-order valence-corrected chi connectivity index (χ1v) is 10.1. The molecule has 0 unspecified atom stereocenters. The Morgan fingerprint density at radius 1 is 0.879 bits per heavy atom. The maximum absolute atomic E-state index is 10.8. The highest BCUT2D eigenvalue weighted by Gasteiger charge is 2.19. The molecular weight excluding hydrogens is 418 g/mol. The standard InChI is InChI=1S/C24H17N7O2/c32-31(33)19-13-11-16(12-14-19)15-25-27-23-21-20(17-7-3-1-4-8-17)22(18-9-5-2-6-10-18)26-28-24(21)30-29-23/h1-15H,(H2,27,28,29,30)/b25-15-. The fraction of sp³-hybridized carbons (Fsp3) is 0. The predicted molar refractivity (Wildman–Crippen MR) is 127 cm³/mol. The molecule has 2 N–H and O–H groups in total. The third-order valence-corrected chi connectivity index (χ3v) is 5.08. The minimum absolute atomic E-state index is 0.0270. The van der Waals surface area contributed by atoms with Crippen molar-refractivity contribution in [3.8, 4) is 22.4 Å². The van der Waals surface area contributed by atoms with Crippen LogP contribution in [0.3, 0.4) is 0 Å². The second-order valence-electron chi connectivity index (χ2n) is 7.17. The van der Waals surface area contributed by atoms with E-state index in [0.29, 0.717) is 17.0 Å². The van der Waals surface area contributed by atoms with Crippen LogP contribution in [0, 0.1) is 10.1 Å². The van der Waals surface area contributed by atoms with Gasteiger partial charge in [-0.1, -0.05) is 60.7 Å². The number of nitro benzene ring substituents is 1. The minimum Gasteiger partial charge on any atom is -0.261 e. The number of non-ortho nitro benzene ring substituents is 1. The van der Waals surface area contributed by atoms with Crippen LogP contribution in [-0.2, 0) is 0 Å². The van der Waals surface area contributed by atoms with E-state index in [1.807, 2.05) is 60.7 Å². The van der Waals surface area contributed by atoms with Gasteiger partial charge in [0, 0.05) is 23.3 Å². The summed E-state index contributed by atoms with van der Waals surface area (Å²) in [6.07, 6.45) is 1.57. The molecular formula is C24H17N7O2. The first kappa shape index (κ1) is 20.0. The number of rotatable bonds is 6. The lowest BCUT2D eigenvalue weighted by Gasteiger charge is -2.10. The summed E-state index contributed by atoms with van der Waals surface area (Å²) >= 11 is 0. The van der Waals surface area contributed by atoms with Gasteiger partial charge in [-0.05, 0) is 23.3 Å². The largest absolute Gasteiger partial charge is 0.269 e. The zero-order valence-electron chi connectivity index (χ0n) is 17.2. The normalized spacial score (nSPS) is 11.2. The third-order valence-electron chi connectivity index (χ3n) is 5.08. The molecule has 3 aromatic carbocycles. The SMILES string of the molecule is O=[N+]([O-])c1ccc(/C=N\Nc2[nH]nc3nnc(-c4ccccc4)c(-c4ccccc4)c23)cc1.